The van der Waals surface area contributed by atoms with E-state index in [4.69, 9.17) is 9.72 Å². The summed E-state index contributed by atoms with van der Waals surface area (Å²) in [6.07, 6.45) is 0. The summed E-state index contributed by atoms with van der Waals surface area (Å²) in [7, 11) is 0. The zero-order chi connectivity index (χ0) is 22.0. The molecule has 0 spiro atoms. The Kier molecular flexibility index (Phi) is 5.60. The number of aromatic nitrogens is 1. The van der Waals surface area contributed by atoms with E-state index in [1.165, 1.54) is 5.56 Å². The predicted molar refractivity (Wildman–Crippen MR) is 126 cm³/mol. The van der Waals surface area contributed by atoms with Crippen molar-refractivity contribution in [1.82, 2.24) is 4.98 Å². The van der Waals surface area contributed by atoms with E-state index in [1.807, 2.05) is 73.7 Å². The smallest absolute Gasteiger partial charge is 0.339 e. The maximum atomic E-state index is 13.2. The second-order valence-electron chi connectivity index (χ2n) is 8.87. The lowest BCUT2D eigenvalue weighted by molar-refractivity contribution is 0.0474. The van der Waals surface area contributed by atoms with Gasteiger partial charge in [-0.3, -0.25) is 0 Å². The number of esters is 1. The molecule has 156 valence electrons. The first-order valence-corrected chi connectivity index (χ1v) is 10.6. The Balaban J connectivity index is 1.67. The van der Waals surface area contributed by atoms with E-state index in [-0.39, 0.29) is 18.0 Å². The molecule has 1 heterocycles. The number of hydrogen-bond donors (Lipinski definition) is 0. The maximum Gasteiger partial charge on any atom is 0.339 e. The Morgan fingerprint density at radius 3 is 2.19 bits per heavy atom. The van der Waals surface area contributed by atoms with Crippen molar-refractivity contribution in [2.75, 3.05) is 0 Å². The number of hydrogen-bond acceptors (Lipinski definition) is 3. The molecule has 4 rings (SSSR count). The van der Waals surface area contributed by atoms with Gasteiger partial charge in [0.15, 0.2) is 0 Å². The molecule has 0 radical (unpaired) electrons. The van der Waals surface area contributed by atoms with Crippen molar-refractivity contribution in [3.05, 3.63) is 101 Å². The topological polar surface area (TPSA) is 39.2 Å². The lowest BCUT2D eigenvalue weighted by atomic mass is 9.87. The standard InChI is InChI=1S/C28H27NO2/c1-19-25(27(30)31-18-20-14-16-22(17-15-20)28(2,3)4)23-12-8-9-13-24(23)29-26(19)21-10-6-5-7-11-21/h5-17H,18H2,1-4H3. The van der Waals surface area contributed by atoms with Crippen LogP contribution in [0.2, 0.25) is 0 Å². The average Bonchev–Trinajstić information content (AvgIpc) is 2.77. The number of carbonyl (C=O) groups excluding carboxylic acids is 1. The molecule has 0 aliphatic carbocycles. The number of ether oxygens (including phenoxy) is 1. The molecule has 0 aliphatic rings. The Bertz CT molecular complexity index is 1220. The summed E-state index contributed by atoms with van der Waals surface area (Å²) < 4.78 is 5.75. The minimum Gasteiger partial charge on any atom is -0.457 e. The minimum atomic E-state index is -0.326. The van der Waals surface area contributed by atoms with Gasteiger partial charge >= 0.3 is 5.97 Å². The summed E-state index contributed by atoms with van der Waals surface area (Å²) >= 11 is 0. The molecule has 0 saturated carbocycles. The first kappa shape index (κ1) is 20.8. The van der Waals surface area contributed by atoms with Crippen molar-refractivity contribution in [3.63, 3.8) is 0 Å². The van der Waals surface area contributed by atoms with Crippen molar-refractivity contribution in [2.24, 2.45) is 0 Å². The Morgan fingerprint density at radius 2 is 1.52 bits per heavy atom. The molecule has 0 atom stereocenters. The lowest BCUT2D eigenvalue weighted by Crippen LogP contribution is -2.12. The van der Waals surface area contributed by atoms with Gasteiger partial charge in [-0.15, -0.1) is 0 Å². The largest absolute Gasteiger partial charge is 0.457 e. The van der Waals surface area contributed by atoms with Crippen LogP contribution in [0.5, 0.6) is 0 Å². The minimum absolute atomic E-state index is 0.0934. The molecule has 31 heavy (non-hydrogen) atoms. The highest BCUT2D eigenvalue weighted by Gasteiger charge is 2.20. The zero-order valence-corrected chi connectivity index (χ0v) is 18.5. The van der Waals surface area contributed by atoms with Crippen LogP contribution < -0.4 is 0 Å². The zero-order valence-electron chi connectivity index (χ0n) is 18.5. The SMILES string of the molecule is Cc1c(-c2ccccc2)nc2ccccc2c1C(=O)OCc1ccc(C(C)(C)C)cc1. The molecule has 3 aromatic carbocycles. The molecule has 0 amide bonds. The second kappa shape index (κ2) is 8.35. The summed E-state index contributed by atoms with van der Waals surface area (Å²) in [5.41, 5.74) is 6.31. The molecular formula is C28H27NO2. The quantitative estimate of drug-likeness (QED) is 0.345. The number of para-hydroxylation sites is 1. The summed E-state index contributed by atoms with van der Waals surface area (Å²) in [5.74, 6) is -0.326. The molecule has 3 heteroatoms. The van der Waals surface area contributed by atoms with Gasteiger partial charge in [0, 0.05) is 10.9 Å². The molecule has 0 bridgehead atoms. The van der Waals surface area contributed by atoms with Crippen molar-refractivity contribution in [2.45, 2.75) is 39.7 Å². The number of benzene rings is 3. The number of carbonyl (C=O) groups is 1. The van der Waals surface area contributed by atoms with Gasteiger partial charge < -0.3 is 4.74 Å². The van der Waals surface area contributed by atoms with Gasteiger partial charge in [-0.2, -0.15) is 0 Å². The Labute approximate surface area is 183 Å². The number of pyridine rings is 1. The van der Waals surface area contributed by atoms with Crippen LogP contribution in [0.3, 0.4) is 0 Å². The number of rotatable bonds is 4. The molecule has 0 N–H and O–H groups in total. The fourth-order valence-electron chi connectivity index (χ4n) is 3.77. The van der Waals surface area contributed by atoms with Crippen molar-refractivity contribution in [1.29, 1.82) is 0 Å². The molecule has 1 aromatic heterocycles. The monoisotopic (exact) mass is 409 g/mol. The molecule has 0 fully saturated rings. The Hall–Kier alpha value is -3.46. The van der Waals surface area contributed by atoms with Gasteiger partial charge in [0.2, 0.25) is 0 Å². The summed E-state index contributed by atoms with van der Waals surface area (Å²) in [6, 6.07) is 25.9. The van der Waals surface area contributed by atoms with Crippen LogP contribution in [-0.2, 0) is 16.8 Å². The summed E-state index contributed by atoms with van der Waals surface area (Å²) in [4.78, 5) is 18.0. The van der Waals surface area contributed by atoms with E-state index in [0.29, 0.717) is 5.56 Å². The number of nitrogens with zero attached hydrogens (tertiary/aromatic N) is 1. The van der Waals surface area contributed by atoms with Crippen LogP contribution in [0, 0.1) is 6.92 Å². The first-order chi connectivity index (χ1) is 14.8. The molecular weight excluding hydrogens is 382 g/mol. The van der Waals surface area contributed by atoms with Crippen molar-refractivity contribution < 1.29 is 9.53 Å². The fourth-order valence-corrected chi connectivity index (χ4v) is 3.77. The van der Waals surface area contributed by atoms with Gasteiger partial charge in [0.1, 0.15) is 6.61 Å². The predicted octanol–water partition coefficient (Wildman–Crippen LogP) is 6.86. The second-order valence-corrected chi connectivity index (χ2v) is 8.87. The van der Waals surface area contributed by atoms with E-state index in [2.05, 4.69) is 32.9 Å². The third-order valence-corrected chi connectivity index (χ3v) is 5.58. The maximum absolute atomic E-state index is 13.2. The van der Waals surface area contributed by atoms with Crippen LogP contribution in [0.15, 0.2) is 78.9 Å². The molecule has 0 unspecified atom stereocenters. The van der Waals surface area contributed by atoms with E-state index in [9.17, 15) is 4.79 Å². The lowest BCUT2D eigenvalue weighted by Gasteiger charge is -2.19. The highest BCUT2D eigenvalue weighted by atomic mass is 16.5. The van der Waals surface area contributed by atoms with Gasteiger partial charge in [0.05, 0.1) is 16.8 Å². The average molecular weight is 410 g/mol. The third kappa shape index (κ3) is 4.36. The highest BCUT2D eigenvalue weighted by molar-refractivity contribution is 6.06. The van der Waals surface area contributed by atoms with Gasteiger partial charge in [0.25, 0.3) is 0 Å². The van der Waals surface area contributed by atoms with Crippen LogP contribution >= 0.6 is 0 Å². The molecule has 0 aliphatic heterocycles. The molecule has 0 saturated heterocycles. The van der Waals surface area contributed by atoms with E-state index in [0.717, 1.165) is 33.3 Å². The van der Waals surface area contributed by atoms with E-state index < -0.39 is 0 Å². The van der Waals surface area contributed by atoms with Crippen molar-refractivity contribution >= 4 is 16.9 Å². The molecule has 4 aromatic rings. The van der Waals surface area contributed by atoms with Gasteiger partial charge in [-0.05, 0) is 35.1 Å². The summed E-state index contributed by atoms with van der Waals surface area (Å²) in [5, 5.41) is 0.813. The van der Waals surface area contributed by atoms with Crippen molar-refractivity contribution in [3.8, 4) is 11.3 Å². The normalized spacial score (nSPS) is 11.5. The van der Waals surface area contributed by atoms with Crippen LogP contribution in [-0.4, -0.2) is 11.0 Å². The van der Waals surface area contributed by atoms with Gasteiger partial charge in [-0.1, -0.05) is 93.6 Å². The highest BCUT2D eigenvalue weighted by Crippen LogP contribution is 2.30. The van der Waals surface area contributed by atoms with Crippen LogP contribution in [0.1, 0.15) is 47.8 Å². The Morgan fingerprint density at radius 1 is 0.871 bits per heavy atom. The van der Waals surface area contributed by atoms with Gasteiger partial charge in [-0.25, -0.2) is 9.78 Å². The molecule has 3 nitrogen and oxygen atoms in total. The third-order valence-electron chi connectivity index (χ3n) is 5.58. The number of fused-ring (bicyclic) bond motifs is 1. The van der Waals surface area contributed by atoms with Crippen LogP contribution in [0.25, 0.3) is 22.2 Å². The summed E-state index contributed by atoms with van der Waals surface area (Å²) in [6.45, 7) is 8.73. The van der Waals surface area contributed by atoms with Crippen LogP contribution in [0.4, 0.5) is 0 Å². The van der Waals surface area contributed by atoms with E-state index in [1.54, 1.807) is 0 Å². The first-order valence-electron chi connectivity index (χ1n) is 10.6. The fraction of sp³-hybridized carbons (Fsp3) is 0.214. The van der Waals surface area contributed by atoms with E-state index >= 15 is 0 Å².